The Morgan fingerprint density at radius 1 is 1.21 bits per heavy atom. The van der Waals surface area contributed by atoms with Gasteiger partial charge in [0.05, 0.1) is 6.07 Å². The van der Waals surface area contributed by atoms with Crippen molar-refractivity contribution in [2.75, 3.05) is 19.6 Å². The second-order valence-electron chi connectivity index (χ2n) is 6.95. The minimum Gasteiger partial charge on any atom is -0.300 e. The maximum Gasteiger partial charge on any atom is 0.122 e. The molecular weight excluding hydrogens is 234 g/mol. The average Bonchev–Trinajstić information content (AvgIpc) is 3.26. The van der Waals surface area contributed by atoms with E-state index < -0.39 is 0 Å². The van der Waals surface area contributed by atoms with Crippen LogP contribution in [-0.2, 0) is 0 Å². The van der Waals surface area contributed by atoms with Crippen LogP contribution in [0.2, 0.25) is 0 Å². The van der Waals surface area contributed by atoms with E-state index in [1.54, 1.807) is 0 Å². The normalized spacial score (nSPS) is 26.2. The first kappa shape index (κ1) is 13.4. The Labute approximate surface area is 117 Å². The van der Waals surface area contributed by atoms with Crippen LogP contribution in [0.1, 0.15) is 51.9 Å². The lowest BCUT2D eigenvalue weighted by Crippen LogP contribution is -2.55. The van der Waals surface area contributed by atoms with Gasteiger partial charge in [-0.3, -0.25) is 5.32 Å². The van der Waals surface area contributed by atoms with E-state index in [9.17, 15) is 5.26 Å². The van der Waals surface area contributed by atoms with Crippen molar-refractivity contribution in [2.24, 2.45) is 11.8 Å². The molecule has 3 aliphatic rings. The highest BCUT2D eigenvalue weighted by Gasteiger charge is 2.49. The number of hydrogen-bond acceptors (Lipinski definition) is 3. The topological polar surface area (TPSA) is 39.1 Å². The van der Waals surface area contributed by atoms with E-state index in [4.69, 9.17) is 0 Å². The summed E-state index contributed by atoms with van der Waals surface area (Å²) in [6, 6.07) is 3.31. The zero-order valence-electron chi connectivity index (χ0n) is 12.2. The van der Waals surface area contributed by atoms with Gasteiger partial charge in [0.2, 0.25) is 0 Å². The van der Waals surface area contributed by atoms with Crippen molar-refractivity contribution in [3.63, 3.8) is 0 Å². The summed E-state index contributed by atoms with van der Waals surface area (Å²) in [5, 5.41) is 13.5. The van der Waals surface area contributed by atoms with E-state index in [2.05, 4.69) is 23.2 Å². The molecule has 3 aliphatic carbocycles. The molecule has 3 rings (SSSR count). The summed E-state index contributed by atoms with van der Waals surface area (Å²) in [5.41, 5.74) is -0.245. The Bertz CT molecular complexity index is 349. The van der Waals surface area contributed by atoms with Crippen LogP contribution in [0.15, 0.2) is 0 Å². The third-order valence-corrected chi connectivity index (χ3v) is 4.74. The molecule has 0 spiro atoms. The molecule has 0 amide bonds. The van der Waals surface area contributed by atoms with Crippen LogP contribution in [0.5, 0.6) is 0 Å². The summed E-state index contributed by atoms with van der Waals surface area (Å²) < 4.78 is 0. The van der Waals surface area contributed by atoms with Gasteiger partial charge in [0.15, 0.2) is 0 Å². The molecule has 0 aromatic rings. The lowest BCUT2D eigenvalue weighted by molar-refractivity contribution is 0.187. The van der Waals surface area contributed by atoms with Crippen molar-refractivity contribution < 1.29 is 0 Å². The van der Waals surface area contributed by atoms with Gasteiger partial charge in [0.1, 0.15) is 5.54 Å². The van der Waals surface area contributed by atoms with E-state index in [0.29, 0.717) is 12.0 Å². The third kappa shape index (κ3) is 3.49. The van der Waals surface area contributed by atoms with E-state index in [1.807, 2.05) is 0 Å². The number of nitrogens with one attached hydrogen (secondary N) is 1. The van der Waals surface area contributed by atoms with Crippen LogP contribution >= 0.6 is 0 Å². The largest absolute Gasteiger partial charge is 0.300 e. The molecule has 0 aromatic carbocycles. The van der Waals surface area contributed by atoms with E-state index in [-0.39, 0.29) is 5.54 Å². The zero-order chi connectivity index (χ0) is 13.3. The van der Waals surface area contributed by atoms with Gasteiger partial charge in [-0.15, -0.1) is 0 Å². The van der Waals surface area contributed by atoms with Gasteiger partial charge in [-0.05, 0) is 63.3 Å². The molecule has 3 nitrogen and oxygen atoms in total. The van der Waals surface area contributed by atoms with Gasteiger partial charge in [-0.25, -0.2) is 0 Å². The fourth-order valence-corrected chi connectivity index (χ4v) is 3.19. The van der Waals surface area contributed by atoms with Crippen molar-refractivity contribution in [2.45, 2.75) is 63.5 Å². The van der Waals surface area contributed by atoms with Crippen molar-refractivity contribution in [3.8, 4) is 6.07 Å². The smallest absolute Gasteiger partial charge is 0.122 e. The summed E-state index contributed by atoms with van der Waals surface area (Å²) in [7, 11) is 0. The van der Waals surface area contributed by atoms with Crippen LogP contribution < -0.4 is 5.32 Å². The minimum atomic E-state index is -0.245. The Kier molecular flexibility index (Phi) is 3.82. The van der Waals surface area contributed by atoms with Crippen LogP contribution in [0.4, 0.5) is 0 Å². The summed E-state index contributed by atoms with van der Waals surface area (Å²) in [6.07, 6.45) is 9.03. The summed E-state index contributed by atoms with van der Waals surface area (Å²) in [4.78, 5) is 2.56. The van der Waals surface area contributed by atoms with E-state index in [1.165, 1.54) is 51.5 Å². The molecule has 106 valence electrons. The SMILES string of the molecule is CCCN(CC1CC1)CC(C#N)(NC1CC1)C1CC1. The maximum atomic E-state index is 9.79. The predicted octanol–water partition coefficient (Wildman–Crippen LogP) is 2.53. The lowest BCUT2D eigenvalue weighted by atomic mass is 9.93. The first-order valence-corrected chi connectivity index (χ1v) is 8.17. The molecular formula is C16H27N3. The van der Waals surface area contributed by atoms with Crippen molar-refractivity contribution in [1.82, 2.24) is 10.2 Å². The first-order valence-electron chi connectivity index (χ1n) is 8.17. The highest BCUT2D eigenvalue weighted by molar-refractivity contribution is 5.18. The molecule has 1 N–H and O–H groups in total. The Morgan fingerprint density at radius 3 is 2.42 bits per heavy atom. The number of rotatable bonds is 9. The quantitative estimate of drug-likeness (QED) is 0.693. The molecule has 0 radical (unpaired) electrons. The van der Waals surface area contributed by atoms with Crippen LogP contribution in [-0.4, -0.2) is 36.1 Å². The van der Waals surface area contributed by atoms with Crippen molar-refractivity contribution >= 4 is 0 Å². The fourth-order valence-electron chi connectivity index (χ4n) is 3.19. The molecule has 0 aromatic heterocycles. The predicted molar refractivity (Wildman–Crippen MR) is 76.7 cm³/mol. The molecule has 1 unspecified atom stereocenters. The first-order chi connectivity index (χ1) is 9.25. The van der Waals surface area contributed by atoms with Gasteiger partial charge >= 0.3 is 0 Å². The Hall–Kier alpha value is -0.590. The second-order valence-corrected chi connectivity index (χ2v) is 6.95. The average molecular weight is 261 g/mol. The summed E-state index contributed by atoms with van der Waals surface area (Å²) >= 11 is 0. The van der Waals surface area contributed by atoms with Gasteiger partial charge in [-0.2, -0.15) is 5.26 Å². The third-order valence-electron chi connectivity index (χ3n) is 4.74. The molecule has 0 aliphatic heterocycles. The van der Waals surface area contributed by atoms with Crippen LogP contribution in [0, 0.1) is 23.2 Å². The van der Waals surface area contributed by atoms with Gasteiger partial charge < -0.3 is 4.90 Å². The van der Waals surface area contributed by atoms with Gasteiger partial charge in [-0.1, -0.05) is 6.92 Å². The molecule has 0 saturated heterocycles. The molecule has 3 saturated carbocycles. The lowest BCUT2D eigenvalue weighted by Gasteiger charge is -2.34. The number of hydrogen-bond donors (Lipinski definition) is 1. The zero-order valence-corrected chi connectivity index (χ0v) is 12.2. The van der Waals surface area contributed by atoms with Gasteiger partial charge in [0.25, 0.3) is 0 Å². The minimum absolute atomic E-state index is 0.245. The van der Waals surface area contributed by atoms with Crippen LogP contribution in [0.25, 0.3) is 0 Å². The molecule has 3 heteroatoms. The fraction of sp³-hybridized carbons (Fsp3) is 0.938. The van der Waals surface area contributed by atoms with Crippen LogP contribution in [0.3, 0.4) is 0 Å². The van der Waals surface area contributed by atoms with Gasteiger partial charge in [0, 0.05) is 19.1 Å². The molecule has 19 heavy (non-hydrogen) atoms. The molecule has 1 atom stereocenters. The van der Waals surface area contributed by atoms with E-state index >= 15 is 0 Å². The second kappa shape index (κ2) is 5.42. The van der Waals surface area contributed by atoms with E-state index in [0.717, 1.165) is 19.0 Å². The molecule has 0 heterocycles. The number of nitriles is 1. The molecule has 0 bridgehead atoms. The highest BCUT2D eigenvalue weighted by Crippen LogP contribution is 2.42. The monoisotopic (exact) mass is 261 g/mol. The maximum absolute atomic E-state index is 9.79. The van der Waals surface area contributed by atoms with Crippen molar-refractivity contribution in [1.29, 1.82) is 5.26 Å². The molecule has 3 fully saturated rings. The number of nitrogens with zero attached hydrogens (tertiary/aromatic N) is 2. The highest BCUT2D eigenvalue weighted by atomic mass is 15.2. The summed E-state index contributed by atoms with van der Waals surface area (Å²) in [6.45, 7) is 5.57. The summed E-state index contributed by atoms with van der Waals surface area (Å²) in [5.74, 6) is 1.53. The van der Waals surface area contributed by atoms with Crippen molar-refractivity contribution in [3.05, 3.63) is 0 Å². The Balaban J connectivity index is 1.64. The Morgan fingerprint density at radius 2 is 1.95 bits per heavy atom. The standard InChI is InChI=1S/C16H27N3/c1-2-9-19(10-13-3-4-13)12-16(11-17,14-5-6-14)18-15-7-8-15/h13-15,18H,2-10,12H2,1H3.